The number of carbonyl (C=O) groups excluding carboxylic acids is 2. The summed E-state index contributed by atoms with van der Waals surface area (Å²) in [5.41, 5.74) is -0.735. The van der Waals surface area contributed by atoms with Gasteiger partial charge in [0.2, 0.25) is 11.9 Å². The quantitative estimate of drug-likeness (QED) is 0.586. The minimum atomic E-state index is -0.654. The fourth-order valence-corrected chi connectivity index (χ4v) is 3.92. The highest BCUT2D eigenvalue weighted by molar-refractivity contribution is 6.61. The third-order valence-electron chi connectivity index (χ3n) is 6.64. The molecule has 2 saturated heterocycles. The van der Waals surface area contributed by atoms with E-state index in [4.69, 9.17) is 14.0 Å². The Kier molecular flexibility index (Phi) is 7.71. The molecule has 3 heterocycles. The Labute approximate surface area is 209 Å². The summed E-state index contributed by atoms with van der Waals surface area (Å²) in [6, 6.07) is -0.643. The molecule has 0 spiro atoms. The first-order valence-corrected chi connectivity index (χ1v) is 12.3. The highest BCUT2D eigenvalue weighted by Gasteiger charge is 2.52. The SMILES string of the molecule is CC(C)[C@H](NC(=O)OC(C)(C)C)C(=O)N1CC[C@@H](Nc2ncc(B3OC(C)(C)C(C)(C)O3)cn2)C1. The Morgan fingerprint density at radius 1 is 1.14 bits per heavy atom. The van der Waals surface area contributed by atoms with E-state index in [0.29, 0.717) is 19.0 Å². The average molecular weight is 489 g/mol. The number of ether oxygens (including phenoxy) is 1. The third kappa shape index (κ3) is 6.64. The molecule has 194 valence electrons. The van der Waals surface area contributed by atoms with Gasteiger partial charge in [0.15, 0.2) is 0 Å². The standard InChI is InChI=1S/C24H40BN5O5/c1-15(2)18(29-21(32)33-22(3,4)5)19(31)30-11-10-17(14-30)28-20-26-12-16(13-27-20)25-34-23(6,7)24(8,9)35-25/h12-13,15,17-18H,10-11,14H2,1-9H3,(H,29,32)(H,26,27,28)/t17-,18+/m1/s1. The van der Waals surface area contributed by atoms with Crippen LogP contribution >= 0.6 is 0 Å². The summed E-state index contributed by atoms with van der Waals surface area (Å²) in [5.74, 6) is 0.289. The monoisotopic (exact) mass is 489 g/mol. The summed E-state index contributed by atoms with van der Waals surface area (Å²) in [6.45, 7) is 18.3. The van der Waals surface area contributed by atoms with Crippen molar-refractivity contribution in [2.75, 3.05) is 18.4 Å². The number of hydrogen-bond acceptors (Lipinski definition) is 8. The molecular formula is C24H40BN5O5. The van der Waals surface area contributed by atoms with Gasteiger partial charge in [-0.25, -0.2) is 14.8 Å². The highest BCUT2D eigenvalue weighted by Crippen LogP contribution is 2.36. The zero-order valence-electron chi connectivity index (χ0n) is 22.5. The normalized spacial score (nSPS) is 22.3. The maximum Gasteiger partial charge on any atom is 0.498 e. The predicted octanol–water partition coefficient (Wildman–Crippen LogP) is 2.34. The molecule has 1 aromatic rings. The van der Waals surface area contributed by atoms with Gasteiger partial charge in [-0.3, -0.25) is 4.79 Å². The van der Waals surface area contributed by atoms with E-state index in [-0.39, 0.29) is 17.9 Å². The Balaban J connectivity index is 1.55. The molecule has 2 atom stereocenters. The van der Waals surface area contributed by atoms with Crippen molar-refractivity contribution in [1.82, 2.24) is 20.2 Å². The van der Waals surface area contributed by atoms with E-state index in [1.807, 2.05) is 41.5 Å². The molecule has 3 rings (SSSR count). The molecule has 0 radical (unpaired) electrons. The molecular weight excluding hydrogens is 449 g/mol. The fraction of sp³-hybridized carbons (Fsp3) is 0.750. The molecule has 0 aromatic carbocycles. The number of carbonyl (C=O) groups is 2. The molecule has 2 aliphatic rings. The van der Waals surface area contributed by atoms with Crippen LogP contribution in [0.5, 0.6) is 0 Å². The van der Waals surface area contributed by atoms with Crippen LogP contribution in [0.3, 0.4) is 0 Å². The third-order valence-corrected chi connectivity index (χ3v) is 6.64. The Hall–Kier alpha value is -2.40. The fourth-order valence-electron chi connectivity index (χ4n) is 3.92. The first kappa shape index (κ1) is 27.2. The second-order valence-corrected chi connectivity index (χ2v) is 11.7. The van der Waals surface area contributed by atoms with E-state index in [2.05, 4.69) is 20.6 Å². The molecule has 0 saturated carbocycles. The molecule has 10 nitrogen and oxygen atoms in total. The van der Waals surface area contributed by atoms with Crippen LogP contribution in [0.4, 0.5) is 10.7 Å². The van der Waals surface area contributed by atoms with Crippen LogP contribution in [0.1, 0.15) is 68.7 Å². The van der Waals surface area contributed by atoms with Crippen molar-refractivity contribution in [2.24, 2.45) is 5.92 Å². The largest absolute Gasteiger partial charge is 0.498 e. The summed E-state index contributed by atoms with van der Waals surface area (Å²) < 4.78 is 17.4. The van der Waals surface area contributed by atoms with Crippen molar-refractivity contribution >= 4 is 30.5 Å². The van der Waals surface area contributed by atoms with E-state index >= 15 is 0 Å². The van der Waals surface area contributed by atoms with Crippen LogP contribution in [-0.4, -0.2) is 76.0 Å². The molecule has 0 aliphatic carbocycles. The summed E-state index contributed by atoms with van der Waals surface area (Å²) in [7, 11) is -0.515. The topological polar surface area (TPSA) is 115 Å². The van der Waals surface area contributed by atoms with Gasteiger partial charge in [-0.15, -0.1) is 0 Å². The van der Waals surface area contributed by atoms with Gasteiger partial charge in [-0.1, -0.05) is 13.8 Å². The van der Waals surface area contributed by atoms with Gasteiger partial charge in [0, 0.05) is 37.0 Å². The maximum absolute atomic E-state index is 13.2. The van der Waals surface area contributed by atoms with Crippen molar-refractivity contribution in [1.29, 1.82) is 0 Å². The predicted molar refractivity (Wildman–Crippen MR) is 134 cm³/mol. The molecule has 0 unspecified atom stereocenters. The molecule has 0 bridgehead atoms. The molecule has 1 aromatic heterocycles. The van der Waals surface area contributed by atoms with E-state index < -0.39 is 36.1 Å². The van der Waals surface area contributed by atoms with Crippen LogP contribution in [0.2, 0.25) is 0 Å². The smallest absolute Gasteiger partial charge is 0.444 e. The van der Waals surface area contributed by atoms with Crippen LogP contribution in [0.15, 0.2) is 12.4 Å². The zero-order valence-corrected chi connectivity index (χ0v) is 22.5. The molecule has 2 amide bonds. The second-order valence-electron chi connectivity index (χ2n) is 11.7. The number of likely N-dealkylation sites (tertiary alicyclic amines) is 1. The lowest BCUT2D eigenvalue weighted by atomic mass is 9.81. The first-order valence-electron chi connectivity index (χ1n) is 12.3. The Morgan fingerprint density at radius 2 is 1.71 bits per heavy atom. The Morgan fingerprint density at radius 3 is 2.23 bits per heavy atom. The lowest BCUT2D eigenvalue weighted by molar-refractivity contribution is -0.133. The van der Waals surface area contributed by atoms with Gasteiger partial charge in [0.25, 0.3) is 0 Å². The van der Waals surface area contributed by atoms with E-state index in [1.165, 1.54) is 0 Å². The summed E-state index contributed by atoms with van der Waals surface area (Å²) in [4.78, 5) is 36.0. The number of nitrogens with one attached hydrogen (secondary N) is 2. The highest BCUT2D eigenvalue weighted by atomic mass is 16.7. The average Bonchev–Trinajstić information content (AvgIpc) is 3.26. The van der Waals surface area contributed by atoms with Crippen molar-refractivity contribution in [3.8, 4) is 0 Å². The van der Waals surface area contributed by atoms with Crippen LogP contribution in [-0.2, 0) is 18.8 Å². The summed E-state index contributed by atoms with van der Waals surface area (Å²) in [6.07, 6.45) is 3.57. The van der Waals surface area contributed by atoms with E-state index in [1.54, 1.807) is 38.1 Å². The van der Waals surface area contributed by atoms with Gasteiger partial charge in [0.1, 0.15) is 11.6 Å². The number of anilines is 1. The zero-order chi connectivity index (χ0) is 26.2. The lowest BCUT2D eigenvalue weighted by Crippen LogP contribution is -2.52. The second kappa shape index (κ2) is 9.93. The Bertz CT molecular complexity index is 900. The molecule has 2 aliphatic heterocycles. The molecule has 11 heteroatoms. The van der Waals surface area contributed by atoms with Gasteiger partial charge in [-0.2, -0.15) is 0 Å². The van der Waals surface area contributed by atoms with Crippen LogP contribution < -0.4 is 16.1 Å². The van der Waals surface area contributed by atoms with E-state index in [9.17, 15) is 9.59 Å². The lowest BCUT2D eigenvalue weighted by Gasteiger charge is -2.32. The van der Waals surface area contributed by atoms with E-state index in [0.717, 1.165) is 11.9 Å². The first-order chi connectivity index (χ1) is 16.1. The van der Waals surface area contributed by atoms with Gasteiger partial charge in [-0.05, 0) is 60.8 Å². The maximum atomic E-state index is 13.2. The minimum Gasteiger partial charge on any atom is -0.444 e. The van der Waals surface area contributed by atoms with Crippen molar-refractivity contribution in [3.63, 3.8) is 0 Å². The summed E-state index contributed by atoms with van der Waals surface area (Å²) >= 11 is 0. The number of amides is 2. The van der Waals surface area contributed by atoms with Gasteiger partial charge in [0.05, 0.1) is 11.2 Å². The van der Waals surface area contributed by atoms with Crippen molar-refractivity contribution in [2.45, 2.75) is 97.6 Å². The molecule has 2 fully saturated rings. The summed E-state index contributed by atoms with van der Waals surface area (Å²) in [5, 5.41) is 6.04. The number of hydrogen-bond donors (Lipinski definition) is 2. The number of nitrogens with zero attached hydrogens (tertiary/aromatic N) is 3. The van der Waals surface area contributed by atoms with Gasteiger partial charge < -0.3 is 29.6 Å². The number of alkyl carbamates (subject to hydrolysis) is 1. The number of aromatic nitrogens is 2. The molecule has 2 N–H and O–H groups in total. The van der Waals surface area contributed by atoms with Crippen LogP contribution in [0.25, 0.3) is 0 Å². The van der Waals surface area contributed by atoms with Crippen LogP contribution in [0, 0.1) is 5.92 Å². The van der Waals surface area contributed by atoms with Gasteiger partial charge >= 0.3 is 13.2 Å². The minimum absolute atomic E-state index is 0.0102. The molecule has 35 heavy (non-hydrogen) atoms. The van der Waals surface area contributed by atoms with Crippen molar-refractivity contribution in [3.05, 3.63) is 12.4 Å². The van der Waals surface area contributed by atoms with Crippen molar-refractivity contribution < 1.29 is 23.6 Å². The number of rotatable bonds is 6.